The first-order valence-electron chi connectivity index (χ1n) is 7.53. The second-order valence-corrected chi connectivity index (χ2v) is 7.47. The van der Waals surface area contributed by atoms with E-state index in [1.807, 2.05) is 0 Å². The number of nitrogens with zero attached hydrogens (tertiary/aromatic N) is 1. The van der Waals surface area contributed by atoms with Gasteiger partial charge in [0.1, 0.15) is 11.6 Å². The number of hydrogen-bond acceptors (Lipinski definition) is 4. The number of rotatable bonds is 2. The molecule has 1 aliphatic heterocycles. The van der Waals surface area contributed by atoms with Crippen LogP contribution in [-0.4, -0.2) is 35.1 Å². The summed E-state index contributed by atoms with van der Waals surface area (Å²) in [7, 11) is 0. The van der Waals surface area contributed by atoms with Gasteiger partial charge in [-0.15, -0.1) is 0 Å². The summed E-state index contributed by atoms with van der Waals surface area (Å²) in [5.74, 6) is -0.252. The molecule has 1 saturated heterocycles. The number of nitrogens with two attached hydrogens (primary N) is 1. The van der Waals surface area contributed by atoms with E-state index in [-0.39, 0.29) is 5.91 Å². The van der Waals surface area contributed by atoms with Crippen LogP contribution in [0.25, 0.3) is 0 Å². The lowest BCUT2D eigenvalue weighted by molar-refractivity contribution is -0.120. The van der Waals surface area contributed by atoms with E-state index >= 15 is 0 Å². The third kappa shape index (κ3) is 4.60. The summed E-state index contributed by atoms with van der Waals surface area (Å²) >= 11 is 3.35. The molecule has 0 radical (unpaired) electrons. The number of hydrogen-bond donors (Lipinski definition) is 2. The van der Waals surface area contributed by atoms with Crippen molar-refractivity contribution in [2.45, 2.75) is 45.3 Å². The first kappa shape index (κ1) is 17.6. The highest BCUT2D eigenvalue weighted by molar-refractivity contribution is 9.10. The number of likely N-dealkylation sites (tertiary alicyclic amines) is 1. The van der Waals surface area contributed by atoms with Crippen LogP contribution >= 0.6 is 15.9 Å². The Kier molecular flexibility index (Phi) is 5.19. The molecule has 1 fully saturated rings. The Morgan fingerprint density at radius 3 is 2.74 bits per heavy atom. The molecule has 0 spiro atoms. The maximum atomic E-state index is 12.5. The van der Waals surface area contributed by atoms with Crippen LogP contribution in [0.5, 0.6) is 0 Å². The predicted molar refractivity (Wildman–Crippen MR) is 93.1 cm³/mol. The van der Waals surface area contributed by atoms with Crippen LogP contribution in [0, 0.1) is 0 Å². The minimum absolute atomic E-state index is 0.252. The molecule has 0 saturated carbocycles. The number of anilines is 2. The predicted octanol–water partition coefficient (Wildman–Crippen LogP) is 3.37. The Balaban J connectivity index is 2.08. The van der Waals surface area contributed by atoms with Crippen LogP contribution in [0.15, 0.2) is 22.7 Å². The second kappa shape index (κ2) is 6.78. The summed E-state index contributed by atoms with van der Waals surface area (Å²) in [6.07, 6.45) is 0.918. The Morgan fingerprint density at radius 2 is 2.09 bits per heavy atom. The van der Waals surface area contributed by atoms with Crippen LogP contribution in [-0.2, 0) is 9.53 Å². The minimum atomic E-state index is -0.588. The van der Waals surface area contributed by atoms with Crippen molar-refractivity contribution >= 4 is 39.3 Å². The van der Waals surface area contributed by atoms with Crippen molar-refractivity contribution < 1.29 is 14.3 Å². The summed E-state index contributed by atoms with van der Waals surface area (Å²) in [6.45, 7) is 5.93. The number of benzene rings is 1. The molecular formula is C16H22BrN3O3. The van der Waals surface area contributed by atoms with Gasteiger partial charge in [0, 0.05) is 11.0 Å². The lowest BCUT2D eigenvalue weighted by atomic mass is 10.2. The normalized spacial score (nSPS) is 17.9. The van der Waals surface area contributed by atoms with Gasteiger partial charge >= 0.3 is 6.09 Å². The van der Waals surface area contributed by atoms with Gasteiger partial charge in [0.2, 0.25) is 5.91 Å². The zero-order valence-electron chi connectivity index (χ0n) is 13.6. The van der Waals surface area contributed by atoms with E-state index in [4.69, 9.17) is 10.5 Å². The Hall–Kier alpha value is -1.76. The maximum Gasteiger partial charge on any atom is 0.410 e. The highest BCUT2D eigenvalue weighted by Gasteiger charge is 2.36. The van der Waals surface area contributed by atoms with E-state index in [0.717, 1.165) is 10.9 Å². The van der Waals surface area contributed by atoms with Crippen LogP contribution in [0.1, 0.15) is 33.6 Å². The van der Waals surface area contributed by atoms with E-state index in [9.17, 15) is 9.59 Å². The summed E-state index contributed by atoms with van der Waals surface area (Å²) in [4.78, 5) is 26.2. The molecule has 1 atom stereocenters. The number of nitrogen functional groups attached to an aromatic ring is 1. The molecule has 2 rings (SSSR count). The van der Waals surface area contributed by atoms with Gasteiger partial charge in [0.05, 0.1) is 11.4 Å². The van der Waals surface area contributed by atoms with Gasteiger partial charge in [-0.2, -0.15) is 0 Å². The van der Waals surface area contributed by atoms with Crippen LogP contribution in [0.3, 0.4) is 0 Å². The van der Waals surface area contributed by atoms with E-state index in [2.05, 4.69) is 21.2 Å². The number of halogens is 1. The number of nitrogens with one attached hydrogen (secondary N) is 1. The smallest absolute Gasteiger partial charge is 0.410 e. The van der Waals surface area contributed by atoms with Crippen molar-refractivity contribution in [3.8, 4) is 0 Å². The highest BCUT2D eigenvalue weighted by atomic mass is 79.9. The van der Waals surface area contributed by atoms with E-state index in [1.165, 1.54) is 4.90 Å². The van der Waals surface area contributed by atoms with Crippen molar-refractivity contribution in [2.75, 3.05) is 17.6 Å². The Labute approximate surface area is 144 Å². The molecule has 0 aliphatic carbocycles. The number of amides is 2. The summed E-state index contributed by atoms with van der Waals surface area (Å²) < 4.78 is 6.19. The van der Waals surface area contributed by atoms with Crippen molar-refractivity contribution in [3.63, 3.8) is 0 Å². The van der Waals surface area contributed by atoms with E-state index < -0.39 is 17.7 Å². The van der Waals surface area contributed by atoms with Gasteiger partial charge in [-0.3, -0.25) is 9.69 Å². The Morgan fingerprint density at radius 1 is 1.39 bits per heavy atom. The number of carbonyl (C=O) groups is 2. The van der Waals surface area contributed by atoms with Crippen LogP contribution < -0.4 is 11.1 Å². The van der Waals surface area contributed by atoms with Gasteiger partial charge in [-0.25, -0.2) is 4.79 Å². The SMILES string of the molecule is CC(C)(C)OC(=O)N1CCCC1C(=O)Nc1cc(Br)ccc1N. The highest BCUT2D eigenvalue weighted by Crippen LogP contribution is 2.26. The molecule has 1 heterocycles. The van der Waals surface area contributed by atoms with Crippen LogP contribution in [0.2, 0.25) is 0 Å². The summed E-state index contributed by atoms with van der Waals surface area (Å²) in [5, 5.41) is 2.80. The zero-order valence-corrected chi connectivity index (χ0v) is 15.1. The zero-order chi connectivity index (χ0) is 17.2. The minimum Gasteiger partial charge on any atom is -0.444 e. The molecule has 126 valence electrons. The van der Waals surface area contributed by atoms with Gasteiger partial charge < -0.3 is 15.8 Å². The van der Waals surface area contributed by atoms with E-state index in [1.54, 1.807) is 39.0 Å². The van der Waals surface area contributed by atoms with Crippen LogP contribution in [0.4, 0.5) is 16.2 Å². The summed E-state index contributed by atoms with van der Waals surface area (Å²) in [6, 6.07) is 4.70. The molecule has 1 aliphatic rings. The number of carbonyl (C=O) groups excluding carboxylic acids is 2. The second-order valence-electron chi connectivity index (χ2n) is 6.55. The monoisotopic (exact) mass is 383 g/mol. The molecule has 0 aromatic heterocycles. The summed E-state index contributed by atoms with van der Waals surface area (Å²) in [5.41, 5.74) is 6.29. The first-order valence-corrected chi connectivity index (χ1v) is 8.32. The molecule has 3 N–H and O–H groups in total. The molecule has 1 aromatic carbocycles. The fourth-order valence-corrected chi connectivity index (χ4v) is 2.79. The average molecular weight is 384 g/mol. The maximum absolute atomic E-state index is 12.5. The molecule has 6 nitrogen and oxygen atoms in total. The Bertz CT molecular complexity index is 613. The number of ether oxygens (including phenoxy) is 1. The standard InChI is InChI=1S/C16H22BrN3O3/c1-16(2,3)23-15(22)20-8-4-5-13(20)14(21)19-12-9-10(17)6-7-11(12)18/h6-7,9,13H,4-5,8,18H2,1-3H3,(H,19,21). The third-order valence-corrected chi connectivity index (χ3v) is 3.95. The van der Waals surface area contributed by atoms with Gasteiger partial charge in [0.15, 0.2) is 0 Å². The topological polar surface area (TPSA) is 84.7 Å². The lowest BCUT2D eigenvalue weighted by Gasteiger charge is -2.28. The molecule has 1 aromatic rings. The molecule has 23 heavy (non-hydrogen) atoms. The quantitative estimate of drug-likeness (QED) is 0.766. The lowest BCUT2D eigenvalue weighted by Crippen LogP contribution is -2.45. The van der Waals surface area contributed by atoms with E-state index in [0.29, 0.717) is 24.3 Å². The molecule has 2 amide bonds. The van der Waals surface area contributed by atoms with Gasteiger partial charge in [-0.1, -0.05) is 15.9 Å². The largest absolute Gasteiger partial charge is 0.444 e. The van der Waals surface area contributed by atoms with Crippen molar-refractivity contribution in [1.82, 2.24) is 4.90 Å². The fourth-order valence-electron chi connectivity index (χ4n) is 2.43. The van der Waals surface area contributed by atoms with Gasteiger partial charge in [0.25, 0.3) is 0 Å². The van der Waals surface area contributed by atoms with Crippen molar-refractivity contribution in [2.24, 2.45) is 0 Å². The first-order chi connectivity index (χ1) is 10.7. The molecule has 0 bridgehead atoms. The van der Waals surface area contributed by atoms with Gasteiger partial charge in [-0.05, 0) is 51.8 Å². The molecule has 1 unspecified atom stereocenters. The fraction of sp³-hybridized carbons (Fsp3) is 0.500. The average Bonchev–Trinajstić information content (AvgIpc) is 2.90. The molecule has 7 heteroatoms. The van der Waals surface area contributed by atoms with Crippen molar-refractivity contribution in [1.29, 1.82) is 0 Å². The third-order valence-electron chi connectivity index (χ3n) is 3.46. The molecular weight excluding hydrogens is 362 g/mol. The van der Waals surface area contributed by atoms with Crippen molar-refractivity contribution in [3.05, 3.63) is 22.7 Å².